The third kappa shape index (κ3) is 6.07. The highest BCUT2D eigenvalue weighted by atomic mass is 35.5. The Kier molecular flexibility index (Phi) is 8.22. The Morgan fingerprint density at radius 2 is 1.70 bits per heavy atom. The fourth-order valence-corrected chi connectivity index (χ4v) is 3.80. The Morgan fingerprint density at radius 3 is 2.27 bits per heavy atom. The maximum absolute atomic E-state index is 13.5. The van der Waals surface area contributed by atoms with Crippen LogP contribution >= 0.6 is 11.6 Å². The molecule has 6 nitrogen and oxygen atoms in total. The second kappa shape index (κ2) is 10.2. The van der Waals surface area contributed by atoms with Crippen LogP contribution in [0.5, 0.6) is 0 Å². The quantitative estimate of drug-likeness (QED) is 0.501. The van der Waals surface area contributed by atoms with Crippen molar-refractivity contribution in [2.75, 3.05) is 13.1 Å². The molecule has 0 aliphatic carbocycles. The van der Waals surface area contributed by atoms with Crippen molar-refractivity contribution in [3.63, 3.8) is 0 Å². The number of carbonyl (C=O) groups is 2. The first kappa shape index (κ1) is 26.7. The molecule has 1 amide bonds. The van der Waals surface area contributed by atoms with E-state index in [2.05, 4.69) is 5.10 Å². The number of hydrogen-bond donors (Lipinski definition) is 0. The zero-order valence-electron chi connectivity index (χ0n) is 19.6. The summed E-state index contributed by atoms with van der Waals surface area (Å²) in [6.07, 6.45) is -4.58. The lowest BCUT2D eigenvalue weighted by Gasteiger charge is -2.26. The monoisotopic (exact) mass is 487 g/mol. The van der Waals surface area contributed by atoms with E-state index < -0.39 is 34.9 Å². The molecule has 3 rings (SSSR count). The molecule has 33 heavy (non-hydrogen) atoms. The standard InChI is InChI=1S/C21H23ClF3N3O3.C2H6/c1-12-13-8-10-27(19(30)31-20(2,3)4)11-9-16(13)28(26-12)18(29)17-14(21(23,24)25)6-5-7-15(17)22;1-2/h5-7H,8-11H2,1-4H3;1-2H3. The molecule has 2 aromatic rings. The summed E-state index contributed by atoms with van der Waals surface area (Å²) in [6, 6.07) is 3.21. The third-order valence-corrected chi connectivity index (χ3v) is 5.23. The Bertz CT molecular complexity index is 1030. The van der Waals surface area contributed by atoms with Gasteiger partial charge in [0.25, 0.3) is 5.91 Å². The van der Waals surface area contributed by atoms with Gasteiger partial charge in [-0.25, -0.2) is 9.48 Å². The van der Waals surface area contributed by atoms with E-state index in [4.69, 9.17) is 16.3 Å². The molecular weight excluding hydrogens is 459 g/mol. The van der Waals surface area contributed by atoms with Gasteiger partial charge in [0.2, 0.25) is 0 Å². The number of carbonyl (C=O) groups excluding carboxylic acids is 2. The molecule has 0 saturated heterocycles. The topological polar surface area (TPSA) is 64.4 Å². The van der Waals surface area contributed by atoms with Gasteiger partial charge in [-0.3, -0.25) is 4.79 Å². The Hall–Kier alpha value is -2.55. The molecule has 0 fully saturated rings. The van der Waals surface area contributed by atoms with Crippen molar-refractivity contribution in [1.82, 2.24) is 14.7 Å². The maximum Gasteiger partial charge on any atom is 0.417 e. The number of aromatic nitrogens is 2. The van der Waals surface area contributed by atoms with E-state index in [1.807, 2.05) is 13.8 Å². The minimum atomic E-state index is -4.75. The maximum atomic E-state index is 13.5. The SMILES string of the molecule is CC.Cc1nn(C(=O)c2c(Cl)cccc2C(F)(F)F)c2c1CCN(C(=O)OC(C)(C)C)CC2. The number of rotatable bonds is 1. The van der Waals surface area contributed by atoms with E-state index in [0.717, 1.165) is 22.4 Å². The van der Waals surface area contributed by atoms with Crippen LogP contribution < -0.4 is 0 Å². The van der Waals surface area contributed by atoms with Crippen molar-refractivity contribution in [1.29, 1.82) is 0 Å². The molecule has 0 atom stereocenters. The Morgan fingerprint density at radius 1 is 1.09 bits per heavy atom. The van der Waals surface area contributed by atoms with Crippen molar-refractivity contribution >= 4 is 23.6 Å². The third-order valence-electron chi connectivity index (χ3n) is 4.92. The summed E-state index contributed by atoms with van der Waals surface area (Å²) >= 11 is 6.00. The average Bonchev–Trinajstić information content (AvgIpc) is 2.88. The van der Waals surface area contributed by atoms with E-state index >= 15 is 0 Å². The minimum absolute atomic E-state index is 0.243. The number of fused-ring (bicyclic) bond motifs is 1. The first-order chi connectivity index (χ1) is 15.3. The van der Waals surface area contributed by atoms with Crippen LogP contribution in [0.2, 0.25) is 5.02 Å². The van der Waals surface area contributed by atoms with Crippen molar-refractivity contribution in [3.05, 3.63) is 51.3 Å². The molecule has 1 aromatic carbocycles. The van der Waals surface area contributed by atoms with E-state index in [1.54, 1.807) is 27.7 Å². The number of aryl methyl sites for hydroxylation is 1. The minimum Gasteiger partial charge on any atom is -0.444 e. The molecule has 182 valence electrons. The summed E-state index contributed by atoms with van der Waals surface area (Å²) in [4.78, 5) is 27.1. The van der Waals surface area contributed by atoms with Crippen LogP contribution in [-0.4, -0.2) is 45.4 Å². The van der Waals surface area contributed by atoms with E-state index in [-0.39, 0.29) is 18.0 Å². The largest absolute Gasteiger partial charge is 0.444 e. The Labute approximate surface area is 196 Å². The Balaban J connectivity index is 0.00000187. The van der Waals surface area contributed by atoms with Crippen LogP contribution in [0, 0.1) is 6.92 Å². The van der Waals surface area contributed by atoms with Gasteiger partial charge in [0.1, 0.15) is 5.60 Å². The summed E-state index contributed by atoms with van der Waals surface area (Å²) in [7, 11) is 0. The van der Waals surface area contributed by atoms with Crippen LogP contribution in [0.25, 0.3) is 0 Å². The van der Waals surface area contributed by atoms with Crippen molar-refractivity contribution in [3.8, 4) is 0 Å². The summed E-state index contributed by atoms with van der Waals surface area (Å²) in [6.45, 7) is 11.6. The zero-order chi connectivity index (χ0) is 25.1. The van der Waals surface area contributed by atoms with Gasteiger partial charge in [0.05, 0.1) is 27.5 Å². The summed E-state index contributed by atoms with van der Waals surface area (Å²) < 4.78 is 46.9. The van der Waals surface area contributed by atoms with Crippen molar-refractivity contribution in [2.24, 2.45) is 0 Å². The van der Waals surface area contributed by atoms with E-state index in [0.29, 0.717) is 24.4 Å². The first-order valence-electron chi connectivity index (χ1n) is 10.8. The molecule has 10 heteroatoms. The second-order valence-electron chi connectivity index (χ2n) is 8.36. The number of halogens is 4. The summed E-state index contributed by atoms with van der Waals surface area (Å²) in [5.41, 5.74) is -0.681. The molecule has 1 aromatic heterocycles. The smallest absolute Gasteiger partial charge is 0.417 e. The number of hydrogen-bond acceptors (Lipinski definition) is 4. The van der Waals surface area contributed by atoms with Gasteiger partial charge in [-0.2, -0.15) is 18.3 Å². The zero-order valence-corrected chi connectivity index (χ0v) is 20.4. The number of nitrogens with zero attached hydrogens (tertiary/aromatic N) is 3. The summed E-state index contributed by atoms with van der Waals surface area (Å²) in [5, 5.41) is 3.91. The van der Waals surface area contributed by atoms with Crippen LogP contribution in [0.3, 0.4) is 0 Å². The highest BCUT2D eigenvalue weighted by Crippen LogP contribution is 2.36. The fourth-order valence-electron chi connectivity index (χ4n) is 3.55. The molecule has 0 bridgehead atoms. The lowest BCUT2D eigenvalue weighted by Crippen LogP contribution is -2.38. The molecule has 0 saturated carbocycles. The predicted molar refractivity (Wildman–Crippen MR) is 120 cm³/mol. The average molecular weight is 488 g/mol. The van der Waals surface area contributed by atoms with E-state index in [1.165, 1.54) is 11.0 Å². The van der Waals surface area contributed by atoms with Gasteiger partial charge < -0.3 is 9.64 Å². The fraction of sp³-hybridized carbons (Fsp3) is 0.522. The lowest BCUT2D eigenvalue weighted by molar-refractivity contribution is -0.137. The lowest BCUT2D eigenvalue weighted by atomic mass is 10.1. The van der Waals surface area contributed by atoms with Crippen LogP contribution in [0.4, 0.5) is 18.0 Å². The van der Waals surface area contributed by atoms with Gasteiger partial charge in [-0.15, -0.1) is 0 Å². The molecule has 1 aliphatic heterocycles. The molecule has 2 heterocycles. The van der Waals surface area contributed by atoms with Crippen LogP contribution in [0.1, 0.15) is 67.5 Å². The van der Waals surface area contributed by atoms with Crippen molar-refractivity contribution in [2.45, 2.75) is 66.2 Å². The molecule has 0 unspecified atom stereocenters. The number of benzene rings is 1. The normalized spacial score (nSPS) is 14.1. The number of amides is 1. The van der Waals surface area contributed by atoms with Crippen LogP contribution in [0.15, 0.2) is 18.2 Å². The molecule has 0 spiro atoms. The van der Waals surface area contributed by atoms with Crippen molar-refractivity contribution < 1.29 is 27.5 Å². The number of alkyl halides is 3. The molecule has 1 aliphatic rings. The van der Waals surface area contributed by atoms with Gasteiger partial charge in [0.15, 0.2) is 0 Å². The molecule has 0 radical (unpaired) electrons. The van der Waals surface area contributed by atoms with Gasteiger partial charge in [0, 0.05) is 19.5 Å². The van der Waals surface area contributed by atoms with Gasteiger partial charge in [-0.05, 0) is 51.8 Å². The highest BCUT2D eigenvalue weighted by molar-refractivity contribution is 6.34. The van der Waals surface area contributed by atoms with Gasteiger partial charge in [-0.1, -0.05) is 31.5 Å². The first-order valence-corrected chi connectivity index (χ1v) is 11.1. The van der Waals surface area contributed by atoms with Crippen LogP contribution in [-0.2, 0) is 23.8 Å². The number of ether oxygens (including phenoxy) is 1. The summed E-state index contributed by atoms with van der Waals surface area (Å²) in [5.74, 6) is -0.951. The molecular formula is C23H29ClF3N3O3. The predicted octanol–water partition coefficient (Wildman–Crippen LogP) is 5.91. The van der Waals surface area contributed by atoms with Gasteiger partial charge >= 0.3 is 12.3 Å². The molecule has 0 N–H and O–H groups in total. The second-order valence-corrected chi connectivity index (χ2v) is 8.76. The highest BCUT2D eigenvalue weighted by Gasteiger charge is 2.38. The van der Waals surface area contributed by atoms with E-state index in [9.17, 15) is 22.8 Å².